The second kappa shape index (κ2) is 10.7. The molecule has 156 valence electrons. The molecule has 0 radical (unpaired) electrons. The Kier molecular flexibility index (Phi) is 8.26. The van der Waals surface area contributed by atoms with E-state index < -0.39 is 29.8 Å². The van der Waals surface area contributed by atoms with Crippen LogP contribution in [0.5, 0.6) is 17.2 Å². The Morgan fingerprint density at radius 2 is 1.52 bits per heavy atom. The number of rotatable bonds is 8. The molecular weight excluding hydrogens is 447 g/mol. The van der Waals surface area contributed by atoms with Gasteiger partial charge in [-0.05, 0) is 79.2 Å². The minimum atomic E-state index is -0.931. The van der Waals surface area contributed by atoms with Gasteiger partial charge in [-0.15, -0.1) is 0 Å². The van der Waals surface area contributed by atoms with Gasteiger partial charge < -0.3 is 14.2 Å². The van der Waals surface area contributed by atoms with E-state index in [1.54, 1.807) is 31.2 Å². The Morgan fingerprint density at radius 1 is 0.966 bits per heavy atom. The molecule has 2 aromatic carbocycles. The largest absolute Gasteiger partial charge is 0.494 e. The summed E-state index contributed by atoms with van der Waals surface area (Å²) in [5, 5.41) is 0. The maximum atomic E-state index is 13.1. The Morgan fingerprint density at radius 3 is 2.07 bits per heavy atom. The lowest BCUT2D eigenvalue weighted by atomic mass is 10.3. The molecule has 9 heteroatoms. The van der Waals surface area contributed by atoms with Crippen molar-refractivity contribution in [3.63, 3.8) is 0 Å². The van der Waals surface area contributed by atoms with E-state index in [9.17, 15) is 14.0 Å². The van der Waals surface area contributed by atoms with Crippen molar-refractivity contribution >= 4 is 27.7 Å². The molecule has 7 nitrogen and oxygen atoms in total. The van der Waals surface area contributed by atoms with Crippen molar-refractivity contribution in [3.8, 4) is 17.2 Å². The number of benzene rings is 2. The van der Waals surface area contributed by atoms with Crippen molar-refractivity contribution in [3.05, 3.63) is 52.8 Å². The molecular formula is C20H22BrFN2O5. The third-order valence-corrected chi connectivity index (χ3v) is 4.31. The highest BCUT2D eigenvalue weighted by molar-refractivity contribution is 9.10. The van der Waals surface area contributed by atoms with Crippen LogP contribution in [0.25, 0.3) is 0 Å². The van der Waals surface area contributed by atoms with Crippen LogP contribution in [0.1, 0.15) is 20.8 Å². The molecule has 2 rings (SSSR count). The van der Waals surface area contributed by atoms with E-state index in [-0.39, 0.29) is 0 Å². The number of hydrazine groups is 1. The smallest absolute Gasteiger partial charge is 0.279 e. The molecule has 2 amide bonds. The molecule has 0 aromatic heterocycles. The van der Waals surface area contributed by atoms with Gasteiger partial charge in [-0.3, -0.25) is 20.4 Å². The van der Waals surface area contributed by atoms with E-state index in [2.05, 4.69) is 26.8 Å². The normalized spacial score (nSPS) is 12.4. The van der Waals surface area contributed by atoms with Crippen LogP contribution in [-0.2, 0) is 9.59 Å². The molecule has 0 saturated carbocycles. The van der Waals surface area contributed by atoms with Gasteiger partial charge in [-0.2, -0.15) is 0 Å². The predicted molar refractivity (Wildman–Crippen MR) is 108 cm³/mol. The number of carbonyl (C=O) groups excluding carboxylic acids is 2. The van der Waals surface area contributed by atoms with Gasteiger partial charge in [-0.1, -0.05) is 0 Å². The van der Waals surface area contributed by atoms with Gasteiger partial charge in [0.15, 0.2) is 12.2 Å². The fraction of sp³-hybridized carbons (Fsp3) is 0.300. The quantitative estimate of drug-likeness (QED) is 0.580. The summed E-state index contributed by atoms with van der Waals surface area (Å²) in [5.41, 5.74) is 4.56. The molecule has 2 N–H and O–H groups in total. The molecule has 2 unspecified atom stereocenters. The van der Waals surface area contributed by atoms with Gasteiger partial charge in [0.1, 0.15) is 23.1 Å². The highest BCUT2D eigenvalue weighted by atomic mass is 79.9. The SMILES string of the molecule is CCOc1ccc(OC(C)C(=O)NNC(=O)C(C)Oc2ccc(F)cc2Br)cc1. The summed E-state index contributed by atoms with van der Waals surface area (Å²) in [6.07, 6.45) is -1.78. The number of amides is 2. The fourth-order valence-electron chi connectivity index (χ4n) is 2.18. The van der Waals surface area contributed by atoms with Crippen molar-refractivity contribution in [1.29, 1.82) is 0 Å². The number of ether oxygens (including phenoxy) is 3. The number of hydrogen-bond acceptors (Lipinski definition) is 5. The maximum absolute atomic E-state index is 13.1. The molecule has 29 heavy (non-hydrogen) atoms. The first-order chi connectivity index (χ1) is 13.8. The second-order valence-corrected chi connectivity index (χ2v) is 6.83. The standard InChI is InChI=1S/C20H22BrFN2O5/c1-4-27-15-6-8-16(9-7-15)28-12(2)19(25)23-24-20(26)13(3)29-18-10-5-14(22)11-17(18)21/h5-13H,4H2,1-3H3,(H,23,25)(H,24,26). The summed E-state index contributed by atoms with van der Waals surface area (Å²) in [4.78, 5) is 24.2. The minimum absolute atomic E-state index is 0.299. The summed E-state index contributed by atoms with van der Waals surface area (Å²) in [7, 11) is 0. The highest BCUT2D eigenvalue weighted by Gasteiger charge is 2.19. The molecule has 2 aromatic rings. The van der Waals surface area contributed by atoms with Gasteiger partial charge in [0, 0.05) is 0 Å². The third kappa shape index (κ3) is 6.94. The Balaban J connectivity index is 1.81. The molecule has 2 atom stereocenters. The number of halogens is 2. The molecule has 0 aliphatic heterocycles. The summed E-state index contributed by atoms with van der Waals surface area (Å²) in [6.45, 7) is 5.49. The lowest BCUT2D eigenvalue weighted by Crippen LogP contribution is -2.50. The summed E-state index contributed by atoms with van der Waals surface area (Å²) in [5.74, 6) is -0.0702. The first-order valence-corrected chi connectivity index (χ1v) is 9.70. The average molecular weight is 469 g/mol. The monoisotopic (exact) mass is 468 g/mol. The Bertz CT molecular complexity index is 847. The van der Waals surface area contributed by atoms with Gasteiger partial charge in [-0.25, -0.2) is 4.39 Å². The summed E-state index contributed by atoms with van der Waals surface area (Å²) < 4.78 is 29.8. The van der Waals surface area contributed by atoms with Crippen LogP contribution in [-0.4, -0.2) is 30.6 Å². The van der Waals surface area contributed by atoms with Crippen LogP contribution < -0.4 is 25.1 Å². The first-order valence-electron chi connectivity index (χ1n) is 8.91. The van der Waals surface area contributed by atoms with Crippen LogP contribution in [0.15, 0.2) is 46.9 Å². The maximum Gasteiger partial charge on any atom is 0.279 e. The summed E-state index contributed by atoms with van der Waals surface area (Å²) in [6, 6.07) is 10.7. The van der Waals surface area contributed by atoms with Crippen LogP contribution in [0.2, 0.25) is 0 Å². The van der Waals surface area contributed by atoms with Crippen molar-refractivity contribution in [2.24, 2.45) is 0 Å². The van der Waals surface area contributed by atoms with E-state index >= 15 is 0 Å². The van der Waals surface area contributed by atoms with E-state index in [1.165, 1.54) is 25.1 Å². The Labute approximate surface area is 176 Å². The lowest BCUT2D eigenvalue weighted by molar-refractivity contribution is -0.135. The van der Waals surface area contributed by atoms with E-state index in [1.807, 2.05) is 6.92 Å². The molecule has 0 spiro atoms. The van der Waals surface area contributed by atoms with E-state index in [4.69, 9.17) is 14.2 Å². The predicted octanol–water partition coefficient (Wildman–Crippen LogP) is 3.37. The molecule has 0 bridgehead atoms. The van der Waals surface area contributed by atoms with Gasteiger partial charge in [0.05, 0.1) is 11.1 Å². The third-order valence-electron chi connectivity index (χ3n) is 3.69. The molecule has 0 saturated heterocycles. The van der Waals surface area contributed by atoms with Gasteiger partial charge in [0.25, 0.3) is 11.8 Å². The van der Waals surface area contributed by atoms with Crippen molar-refractivity contribution in [2.75, 3.05) is 6.61 Å². The molecule has 0 fully saturated rings. The van der Waals surface area contributed by atoms with Gasteiger partial charge in [0.2, 0.25) is 0 Å². The van der Waals surface area contributed by atoms with Crippen LogP contribution in [0, 0.1) is 5.82 Å². The average Bonchev–Trinajstić information content (AvgIpc) is 2.69. The van der Waals surface area contributed by atoms with Crippen molar-refractivity contribution in [1.82, 2.24) is 10.9 Å². The van der Waals surface area contributed by atoms with Crippen LogP contribution >= 0.6 is 15.9 Å². The topological polar surface area (TPSA) is 85.9 Å². The molecule has 0 heterocycles. The molecule has 0 aliphatic rings. The van der Waals surface area contributed by atoms with Crippen molar-refractivity contribution < 1.29 is 28.2 Å². The second-order valence-electron chi connectivity index (χ2n) is 5.98. The highest BCUT2D eigenvalue weighted by Crippen LogP contribution is 2.26. The fourth-order valence-corrected chi connectivity index (χ4v) is 2.62. The van der Waals surface area contributed by atoms with E-state index in [0.29, 0.717) is 28.3 Å². The molecule has 0 aliphatic carbocycles. The van der Waals surface area contributed by atoms with Crippen LogP contribution in [0.4, 0.5) is 4.39 Å². The zero-order chi connectivity index (χ0) is 21.4. The van der Waals surface area contributed by atoms with Gasteiger partial charge >= 0.3 is 0 Å². The minimum Gasteiger partial charge on any atom is -0.494 e. The number of hydrogen-bond donors (Lipinski definition) is 2. The van der Waals surface area contributed by atoms with E-state index in [0.717, 1.165) is 0 Å². The lowest BCUT2D eigenvalue weighted by Gasteiger charge is -2.18. The summed E-state index contributed by atoms with van der Waals surface area (Å²) >= 11 is 3.16. The zero-order valence-electron chi connectivity index (χ0n) is 16.2. The zero-order valence-corrected chi connectivity index (χ0v) is 17.8. The number of carbonyl (C=O) groups is 2. The Hall–Kier alpha value is -2.81. The number of nitrogens with one attached hydrogen (secondary N) is 2. The van der Waals surface area contributed by atoms with Crippen molar-refractivity contribution in [2.45, 2.75) is 33.0 Å². The first kappa shape index (κ1) is 22.5. The van der Waals surface area contributed by atoms with Crippen LogP contribution in [0.3, 0.4) is 0 Å².